The van der Waals surface area contributed by atoms with Crippen molar-refractivity contribution in [3.63, 3.8) is 0 Å². The van der Waals surface area contributed by atoms with Crippen LogP contribution in [0.1, 0.15) is 53.2 Å². The lowest BCUT2D eigenvalue weighted by molar-refractivity contribution is -0.134. The quantitative estimate of drug-likeness (QED) is 0.0834. The summed E-state index contributed by atoms with van der Waals surface area (Å²) in [5.74, 6) is -3.12. The number of carbonyl (C=O) groups is 6. The van der Waals surface area contributed by atoms with E-state index in [1.807, 2.05) is 20.1 Å². The van der Waals surface area contributed by atoms with E-state index in [9.17, 15) is 28.8 Å². The van der Waals surface area contributed by atoms with Crippen LogP contribution in [-0.4, -0.2) is 101 Å². The number of likely N-dealkylation sites (N-methyl/N-ethyl adjacent to an activating group) is 1. The average molecular weight is 640 g/mol. The lowest BCUT2D eigenvalue weighted by atomic mass is 10.0. The number of nitrogens with zero attached hydrogens (tertiary/aromatic N) is 1. The number of primary amides is 1. The number of carbonyl (C=O) groups excluding carboxylic acids is 6. The summed E-state index contributed by atoms with van der Waals surface area (Å²) in [4.78, 5) is 83.4. The van der Waals surface area contributed by atoms with E-state index < -0.39 is 66.3 Å². The third-order valence-electron chi connectivity index (χ3n) is 6.74. The SMILES string of the molecule is CN[C@@H](C)C(=O)N[C@H](C(=O)NCC(=O)N[C@@H](Cc1cnc[nH]1)C(=O)N[C@@H](CC(C)C)C(=O)N[C@@H](CCSC)C(N)=O)C(C)C. The van der Waals surface area contributed by atoms with Gasteiger partial charge in [0.2, 0.25) is 35.4 Å². The summed E-state index contributed by atoms with van der Waals surface area (Å²) in [6.07, 6.45) is 5.41. The topological polar surface area (TPSA) is 229 Å². The molecule has 1 heterocycles. The van der Waals surface area contributed by atoms with Gasteiger partial charge in [0.1, 0.15) is 24.2 Å². The minimum atomic E-state index is -1.14. The Labute approximate surface area is 263 Å². The third-order valence-corrected chi connectivity index (χ3v) is 7.38. The van der Waals surface area contributed by atoms with Gasteiger partial charge in [-0.3, -0.25) is 28.8 Å². The van der Waals surface area contributed by atoms with Gasteiger partial charge in [-0.2, -0.15) is 11.8 Å². The van der Waals surface area contributed by atoms with Crippen molar-refractivity contribution in [1.29, 1.82) is 0 Å². The molecule has 0 spiro atoms. The van der Waals surface area contributed by atoms with E-state index in [1.165, 1.54) is 24.3 Å². The molecule has 248 valence electrons. The molecular formula is C28H49N9O6S. The zero-order valence-corrected chi connectivity index (χ0v) is 27.4. The second-order valence-electron chi connectivity index (χ2n) is 11.3. The first-order valence-corrected chi connectivity index (χ1v) is 16.0. The van der Waals surface area contributed by atoms with Gasteiger partial charge >= 0.3 is 0 Å². The van der Waals surface area contributed by atoms with Crippen LogP contribution in [0.15, 0.2) is 12.5 Å². The second-order valence-corrected chi connectivity index (χ2v) is 12.3. The van der Waals surface area contributed by atoms with Crippen LogP contribution >= 0.6 is 11.8 Å². The summed E-state index contributed by atoms with van der Waals surface area (Å²) >= 11 is 1.50. The Morgan fingerprint density at radius 1 is 0.886 bits per heavy atom. The normalized spacial score (nSPS) is 14.6. The van der Waals surface area contributed by atoms with Gasteiger partial charge in [0.05, 0.1) is 18.9 Å². The van der Waals surface area contributed by atoms with Gasteiger partial charge < -0.3 is 42.6 Å². The van der Waals surface area contributed by atoms with Gasteiger partial charge in [-0.1, -0.05) is 27.7 Å². The first kappa shape index (κ1) is 38.4. The number of hydrogen-bond acceptors (Lipinski definition) is 9. The number of amides is 6. The summed E-state index contributed by atoms with van der Waals surface area (Å²) in [7, 11) is 1.62. The third kappa shape index (κ3) is 13.8. The van der Waals surface area contributed by atoms with E-state index in [4.69, 9.17) is 5.73 Å². The molecule has 1 aromatic rings. The van der Waals surface area contributed by atoms with Crippen LogP contribution in [0, 0.1) is 11.8 Å². The van der Waals surface area contributed by atoms with Crippen LogP contribution in [-0.2, 0) is 35.2 Å². The van der Waals surface area contributed by atoms with Gasteiger partial charge in [0.15, 0.2) is 0 Å². The van der Waals surface area contributed by atoms with E-state index in [2.05, 4.69) is 41.9 Å². The number of aromatic nitrogens is 2. The molecule has 0 saturated heterocycles. The van der Waals surface area contributed by atoms with E-state index in [1.54, 1.807) is 27.8 Å². The summed E-state index contributed by atoms with van der Waals surface area (Å²) in [5.41, 5.74) is 6.02. The molecule has 0 aromatic carbocycles. The lowest BCUT2D eigenvalue weighted by Gasteiger charge is -2.26. The predicted octanol–water partition coefficient (Wildman–Crippen LogP) is -1.44. The van der Waals surface area contributed by atoms with Gasteiger partial charge in [-0.05, 0) is 50.7 Å². The molecule has 1 rings (SSSR count). The van der Waals surface area contributed by atoms with Crippen molar-refractivity contribution in [3.05, 3.63) is 18.2 Å². The van der Waals surface area contributed by atoms with Crippen LogP contribution < -0.4 is 37.6 Å². The van der Waals surface area contributed by atoms with Crippen molar-refractivity contribution in [3.8, 4) is 0 Å². The van der Waals surface area contributed by atoms with Gasteiger partial charge in [-0.15, -0.1) is 0 Å². The van der Waals surface area contributed by atoms with Crippen molar-refractivity contribution in [2.24, 2.45) is 17.6 Å². The van der Waals surface area contributed by atoms with E-state index in [-0.39, 0.29) is 30.6 Å². The monoisotopic (exact) mass is 639 g/mol. The zero-order chi connectivity index (χ0) is 33.4. The highest BCUT2D eigenvalue weighted by atomic mass is 32.2. The fraction of sp³-hybridized carbons (Fsp3) is 0.679. The number of imidazole rings is 1. The molecule has 6 amide bonds. The molecule has 0 fully saturated rings. The Hall–Kier alpha value is -3.66. The number of aromatic amines is 1. The molecule has 0 aliphatic carbocycles. The van der Waals surface area contributed by atoms with Crippen LogP contribution in [0.3, 0.4) is 0 Å². The number of nitrogens with two attached hydrogens (primary N) is 1. The Balaban J connectivity index is 3.01. The Kier molecular flexibility index (Phi) is 17.1. The summed E-state index contributed by atoms with van der Waals surface area (Å²) < 4.78 is 0. The summed E-state index contributed by atoms with van der Waals surface area (Å²) in [5, 5.41) is 15.9. The fourth-order valence-corrected chi connectivity index (χ4v) is 4.53. The first-order chi connectivity index (χ1) is 20.7. The van der Waals surface area contributed by atoms with Crippen LogP contribution in [0.4, 0.5) is 0 Å². The average Bonchev–Trinajstić information content (AvgIpc) is 3.47. The molecule has 0 aliphatic rings. The highest BCUT2D eigenvalue weighted by Crippen LogP contribution is 2.09. The smallest absolute Gasteiger partial charge is 0.243 e. The van der Waals surface area contributed by atoms with Crippen LogP contribution in [0.2, 0.25) is 0 Å². The molecule has 0 unspecified atom stereocenters. The van der Waals surface area contributed by atoms with Gasteiger partial charge in [0.25, 0.3) is 0 Å². The van der Waals surface area contributed by atoms with Crippen molar-refractivity contribution >= 4 is 47.2 Å². The number of nitrogens with one attached hydrogen (secondary N) is 7. The predicted molar refractivity (Wildman–Crippen MR) is 168 cm³/mol. The molecular weight excluding hydrogens is 590 g/mol. The van der Waals surface area contributed by atoms with Gasteiger partial charge in [0, 0.05) is 18.3 Å². The maximum absolute atomic E-state index is 13.5. The number of H-pyrrole nitrogens is 1. The molecule has 0 bridgehead atoms. The van der Waals surface area contributed by atoms with Crippen molar-refractivity contribution in [2.75, 3.05) is 25.6 Å². The van der Waals surface area contributed by atoms with E-state index in [0.29, 0.717) is 17.9 Å². The summed E-state index contributed by atoms with van der Waals surface area (Å²) in [6.45, 7) is 8.47. The largest absolute Gasteiger partial charge is 0.368 e. The number of thioether (sulfide) groups is 1. The zero-order valence-electron chi connectivity index (χ0n) is 26.6. The lowest BCUT2D eigenvalue weighted by Crippen LogP contribution is -2.58. The van der Waals surface area contributed by atoms with Crippen molar-refractivity contribution in [2.45, 2.75) is 84.1 Å². The van der Waals surface area contributed by atoms with E-state index in [0.717, 1.165) is 0 Å². The standard InChI is InChI=1S/C28H49N9O6S/c1-15(2)10-20(26(41)35-19(24(29)39)8-9-44-7)36-27(42)21(11-18-12-31-14-33-18)34-22(38)13-32-28(43)23(16(3)4)37-25(40)17(5)30-6/h12,14-17,19-21,23,30H,8-11,13H2,1-7H3,(H2,29,39)(H,31,33)(H,32,43)(H,34,38)(H,35,41)(H,36,42)(H,37,40)/t17-,19-,20-,21-,23-/m0/s1. The molecule has 44 heavy (non-hydrogen) atoms. The molecule has 9 N–H and O–H groups in total. The molecule has 0 saturated carbocycles. The molecule has 0 aliphatic heterocycles. The fourth-order valence-electron chi connectivity index (χ4n) is 4.06. The Morgan fingerprint density at radius 3 is 2.05 bits per heavy atom. The second kappa shape index (κ2) is 19.6. The van der Waals surface area contributed by atoms with Crippen molar-refractivity contribution in [1.82, 2.24) is 41.9 Å². The van der Waals surface area contributed by atoms with E-state index >= 15 is 0 Å². The maximum atomic E-state index is 13.5. The molecule has 5 atom stereocenters. The maximum Gasteiger partial charge on any atom is 0.243 e. The van der Waals surface area contributed by atoms with Crippen LogP contribution in [0.5, 0.6) is 0 Å². The number of hydrogen-bond donors (Lipinski definition) is 8. The first-order valence-electron chi connectivity index (χ1n) is 14.6. The summed E-state index contributed by atoms with van der Waals surface area (Å²) in [6, 6.07) is -4.44. The molecule has 0 radical (unpaired) electrons. The Morgan fingerprint density at radius 2 is 1.52 bits per heavy atom. The Bertz CT molecular complexity index is 1100. The minimum Gasteiger partial charge on any atom is -0.368 e. The number of rotatable bonds is 20. The van der Waals surface area contributed by atoms with Crippen molar-refractivity contribution < 1.29 is 28.8 Å². The molecule has 16 heteroatoms. The van der Waals surface area contributed by atoms with Gasteiger partial charge in [-0.25, -0.2) is 4.98 Å². The molecule has 15 nitrogen and oxygen atoms in total. The highest BCUT2D eigenvalue weighted by molar-refractivity contribution is 7.98. The molecule has 1 aromatic heterocycles. The van der Waals surface area contributed by atoms with Crippen LogP contribution in [0.25, 0.3) is 0 Å². The minimum absolute atomic E-state index is 0.00521. The highest BCUT2D eigenvalue weighted by Gasteiger charge is 2.31.